The monoisotopic (exact) mass is 400 g/mol. The van der Waals surface area contributed by atoms with Gasteiger partial charge in [-0.05, 0) is 48.9 Å². The first-order valence-electron chi connectivity index (χ1n) is 9.95. The van der Waals surface area contributed by atoms with E-state index in [1.54, 1.807) is 13.3 Å². The van der Waals surface area contributed by atoms with Crippen LogP contribution in [-0.4, -0.2) is 36.2 Å². The molecule has 0 aliphatic carbocycles. The molecular weight excluding hydrogens is 376 g/mol. The fourth-order valence-corrected chi connectivity index (χ4v) is 3.60. The number of fused-ring (bicyclic) bond motifs is 1. The minimum atomic E-state index is -0.0406. The number of nitriles is 1. The Labute approximate surface area is 176 Å². The molecule has 3 aromatic rings. The fourth-order valence-electron chi connectivity index (χ4n) is 3.60. The van der Waals surface area contributed by atoms with Crippen molar-refractivity contribution in [1.29, 1.82) is 5.26 Å². The van der Waals surface area contributed by atoms with Crippen LogP contribution in [0.4, 0.5) is 11.5 Å². The van der Waals surface area contributed by atoms with Gasteiger partial charge in [0.1, 0.15) is 5.82 Å². The van der Waals surface area contributed by atoms with E-state index in [-0.39, 0.29) is 12.1 Å². The molecule has 152 valence electrons. The molecule has 7 heteroatoms. The molecule has 4 rings (SSSR count). The molecule has 0 saturated carbocycles. The Balaban J connectivity index is 1.50. The molecule has 0 bridgehead atoms. The summed E-state index contributed by atoms with van der Waals surface area (Å²) in [4.78, 5) is 9.11. The molecule has 0 amide bonds. The Hall–Kier alpha value is -3.63. The molecule has 0 saturated heterocycles. The third kappa shape index (κ3) is 4.50. The van der Waals surface area contributed by atoms with Crippen molar-refractivity contribution in [2.24, 2.45) is 0 Å². The Bertz CT molecular complexity index is 1030. The fraction of sp³-hybridized carbons (Fsp3) is 0.261. The summed E-state index contributed by atoms with van der Waals surface area (Å²) in [6.07, 6.45) is 2.63. The van der Waals surface area contributed by atoms with Gasteiger partial charge in [0, 0.05) is 18.8 Å². The molecule has 0 radical (unpaired) electrons. The van der Waals surface area contributed by atoms with E-state index in [0.717, 1.165) is 36.7 Å². The van der Waals surface area contributed by atoms with Crippen molar-refractivity contribution in [3.8, 4) is 11.9 Å². The quantitative estimate of drug-likeness (QED) is 0.561. The van der Waals surface area contributed by atoms with Gasteiger partial charge >= 0.3 is 0 Å². The van der Waals surface area contributed by atoms with Crippen molar-refractivity contribution in [2.75, 3.05) is 30.8 Å². The van der Waals surface area contributed by atoms with Crippen molar-refractivity contribution < 1.29 is 4.74 Å². The van der Waals surface area contributed by atoms with Gasteiger partial charge in [0.05, 0.1) is 42.2 Å². The first-order chi connectivity index (χ1) is 14.8. The zero-order chi connectivity index (χ0) is 20.8. The van der Waals surface area contributed by atoms with Gasteiger partial charge in [0.15, 0.2) is 0 Å². The average Bonchev–Trinajstić information content (AvgIpc) is 2.82. The van der Waals surface area contributed by atoms with Crippen molar-refractivity contribution in [3.05, 3.63) is 77.6 Å². The third-order valence-corrected chi connectivity index (χ3v) is 5.18. The molecule has 2 aromatic heterocycles. The molecule has 0 unspecified atom stereocenters. The Kier molecular flexibility index (Phi) is 6.06. The largest absolute Gasteiger partial charge is 0.481 e. The lowest BCUT2D eigenvalue weighted by Gasteiger charge is -2.33. The number of methoxy groups -OCH3 is 1. The maximum atomic E-state index is 8.96. The summed E-state index contributed by atoms with van der Waals surface area (Å²) in [5, 5.41) is 19.6. The second-order valence-corrected chi connectivity index (χ2v) is 7.13. The first-order valence-corrected chi connectivity index (χ1v) is 9.95. The topological polar surface area (TPSA) is 94.9 Å². The maximum absolute atomic E-state index is 8.96. The van der Waals surface area contributed by atoms with Crippen LogP contribution in [0.5, 0.6) is 5.88 Å². The van der Waals surface area contributed by atoms with Gasteiger partial charge in [0.2, 0.25) is 5.88 Å². The van der Waals surface area contributed by atoms with Crippen molar-refractivity contribution in [3.63, 3.8) is 0 Å². The van der Waals surface area contributed by atoms with E-state index >= 15 is 0 Å². The molecule has 3 heterocycles. The second-order valence-electron chi connectivity index (χ2n) is 7.13. The third-order valence-electron chi connectivity index (χ3n) is 5.18. The highest BCUT2D eigenvalue weighted by molar-refractivity contribution is 5.66. The number of benzene rings is 1. The van der Waals surface area contributed by atoms with Crippen LogP contribution in [0.2, 0.25) is 0 Å². The van der Waals surface area contributed by atoms with E-state index in [1.165, 1.54) is 5.56 Å². The highest BCUT2D eigenvalue weighted by atomic mass is 16.5. The molecule has 3 N–H and O–H groups in total. The number of hydrogen-bond donors (Lipinski definition) is 3. The predicted octanol–water partition coefficient (Wildman–Crippen LogP) is 3.14. The Morgan fingerprint density at radius 2 is 2.07 bits per heavy atom. The molecule has 7 nitrogen and oxygen atoms in total. The summed E-state index contributed by atoms with van der Waals surface area (Å²) in [6, 6.07) is 19.6. The normalized spacial score (nSPS) is 15.8. The van der Waals surface area contributed by atoms with E-state index in [9.17, 15) is 0 Å². The lowest BCUT2D eigenvalue weighted by Crippen LogP contribution is -2.45. The van der Waals surface area contributed by atoms with Crippen LogP contribution < -0.4 is 20.7 Å². The van der Waals surface area contributed by atoms with Crippen LogP contribution in [0.3, 0.4) is 0 Å². The summed E-state index contributed by atoms with van der Waals surface area (Å²) >= 11 is 0. The number of anilines is 2. The number of nitrogens with one attached hydrogen (secondary N) is 3. The van der Waals surface area contributed by atoms with Gasteiger partial charge in [0.25, 0.3) is 0 Å². The van der Waals surface area contributed by atoms with Gasteiger partial charge < -0.3 is 20.7 Å². The van der Waals surface area contributed by atoms with Gasteiger partial charge in [-0.3, -0.25) is 0 Å². The number of nitrogens with zero attached hydrogens (tertiary/aromatic N) is 3. The summed E-state index contributed by atoms with van der Waals surface area (Å²) < 4.78 is 5.33. The van der Waals surface area contributed by atoms with E-state index in [0.29, 0.717) is 11.4 Å². The zero-order valence-corrected chi connectivity index (χ0v) is 16.8. The highest BCUT2D eigenvalue weighted by Crippen LogP contribution is 2.28. The number of hydrogen-bond acceptors (Lipinski definition) is 7. The van der Waals surface area contributed by atoms with Crippen LogP contribution in [0.25, 0.3) is 0 Å². The van der Waals surface area contributed by atoms with E-state index in [1.807, 2.05) is 54.6 Å². The average molecular weight is 400 g/mol. The highest BCUT2D eigenvalue weighted by Gasteiger charge is 2.28. The smallest absolute Gasteiger partial charge is 0.213 e. The lowest BCUT2D eigenvalue weighted by molar-refractivity contribution is 0.389. The van der Waals surface area contributed by atoms with Gasteiger partial charge in [-0.2, -0.15) is 5.26 Å². The van der Waals surface area contributed by atoms with Crippen LogP contribution in [0.15, 0.2) is 60.8 Å². The molecule has 1 aromatic carbocycles. The molecule has 2 atom stereocenters. The first kappa shape index (κ1) is 19.7. The van der Waals surface area contributed by atoms with Crippen molar-refractivity contribution in [1.82, 2.24) is 15.3 Å². The van der Waals surface area contributed by atoms with Gasteiger partial charge in [-0.15, -0.1) is 0 Å². The van der Waals surface area contributed by atoms with Gasteiger partial charge in [-0.25, -0.2) is 9.97 Å². The van der Waals surface area contributed by atoms with E-state index in [4.69, 9.17) is 10.00 Å². The predicted molar refractivity (Wildman–Crippen MR) is 117 cm³/mol. The molecule has 0 fully saturated rings. The maximum Gasteiger partial charge on any atom is 0.213 e. The Morgan fingerprint density at radius 1 is 1.20 bits per heavy atom. The zero-order valence-electron chi connectivity index (χ0n) is 16.8. The van der Waals surface area contributed by atoms with Crippen LogP contribution in [-0.2, 0) is 6.42 Å². The van der Waals surface area contributed by atoms with E-state index in [2.05, 4.69) is 32.0 Å². The van der Waals surface area contributed by atoms with Crippen LogP contribution in [0, 0.1) is 11.3 Å². The van der Waals surface area contributed by atoms with Crippen LogP contribution >= 0.6 is 0 Å². The van der Waals surface area contributed by atoms with Crippen molar-refractivity contribution in [2.45, 2.75) is 18.5 Å². The second kappa shape index (κ2) is 9.25. The number of rotatable bonds is 7. The SMILES string of the molecule is COc1cccc([C@@H](NCCc2ccc(C#N)cc2)[C@@H]2CNc3cccnc3N2)n1. The number of ether oxygens (including phenoxy) is 1. The number of aromatic nitrogens is 2. The molecule has 0 spiro atoms. The summed E-state index contributed by atoms with van der Waals surface area (Å²) in [6.45, 7) is 1.51. The minimum Gasteiger partial charge on any atom is -0.481 e. The summed E-state index contributed by atoms with van der Waals surface area (Å²) in [5.41, 5.74) is 3.77. The van der Waals surface area contributed by atoms with Gasteiger partial charge in [-0.1, -0.05) is 18.2 Å². The summed E-state index contributed by atoms with van der Waals surface area (Å²) in [7, 11) is 1.63. The molecule has 1 aliphatic rings. The Morgan fingerprint density at radius 3 is 2.87 bits per heavy atom. The van der Waals surface area contributed by atoms with E-state index < -0.39 is 0 Å². The van der Waals surface area contributed by atoms with Crippen molar-refractivity contribution >= 4 is 11.5 Å². The molecular formula is C23H24N6O. The molecule has 1 aliphatic heterocycles. The summed E-state index contributed by atoms with van der Waals surface area (Å²) in [5.74, 6) is 1.43. The lowest BCUT2D eigenvalue weighted by atomic mass is 10.0. The minimum absolute atomic E-state index is 0.0406. The number of pyridine rings is 2. The molecule has 30 heavy (non-hydrogen) atoms. The van der Waals surface area contributed by atoms with Crippen LogP contribution in [0.1, 0.15) is 22.9 Å². The standard InChI is InChI=1S/C23H24N6O/c1-30-21-6-2-4-18(28-21)22(20-15-27-19-5-3-12-26-23(19)29-20)25-13-11-16-7-9-17(14-24)10-8-16/h2-10,12,20,22,25,27H,11,13,15H2,1H3,(H,26,29)/t20-,22+/m0/s1.